The van der Waals surface area contributed by atoms with Crippen molar-refractivity contribution in [3.05, 3.63) is 72.2 Å². The number of fused-ring (bicyclic) bond motifs is 1. The zero-order valence-corrected chi connectivity index (χ0v) is 11.8. The Morgan fingerprint density at radius 3 is 2.43 bits per heavy atom. The van der Waals surface area contributed by atoms with Crippen molar-refractivity contribution in [2.75, 3.05) is 0 Å². The number of sulfone groups is 1. The van der Waals surface area contributed by atoms with Crippen molar-refractivity contribution in [3.8, 4) is 0 Å². The van der Waals surface area contributed by atoms with Crippen LogP contribution < -0.4 is 0 Å². The van der Waals surface area contributed by atoms with Gasteiger partial charge in [0.2, 0.25) is 0 Å². The highest BCUT2D eigenvalue weighted by Crippen LogP contribution is 2.22. The first-order chi connectivity index (χ1) is 10.1. The fraction of sp³-hybridized carbons (Fsp3) is 0.0625. The third-order valence-corrected chi connectivity index (χ3v) is 4.94. The van der Waals surface area contributed by atoms with Crippen LogP contribution in [0.1, 0.15) is 5.56 Å². The minimum Gasteiger partial charge on any atom is -0.256 e. The largest absolute Gasteiger partial charge is 0.256 e. The number of halogens is 1. The predicted molar refractivity (Wildman–Crippen MR) is 79.0 cm³/mol. The van der Waals surface area contributed by atoms with Crippen molar-refractivity contribution in [2.45, 2.75) is 10.6 Å². The van der Waals surface area contributed by atoms with Crippen LogP contribution in [-0.2, 0) is 15.6 Å². The van der Waals surface area contributed by atoms with Crippen molar-refractivity contribution in [3.63, 3.8) is 0 Å². The summed E-state index contributed by atoms with van der Waals surface area (Å²) in [6.07, 6.45) is 1.60. The van der Waals surface area contributed by atoms with Gasteiger partial charge in [-0.3, -0.25) is 4.98 Å². The van der Waals surface area contributed by atoms with Gasteiger partial charge in [-0.05, 0) is 42.0 Å². The molecule has 3 aromatic rings. The second-order valence-electron chi connectivity index (χ2n) is 4.70. The van der Waals surface area contributed by atoms with E-state index in [4.69, 9.17) is 0 Å². The van der Waals surface area contributed by atoms with Crippen molar-refractivity contribution in [2.24, 2.45) is 0 Å². The van der Waals surface area contributed by atoms with Crippen LogP contribution in [0.4, 0.5) is 4.39 Å². The molecule has 1 aromatic heterocycles. The highest BCUT2D eigenvalue weighted by atomic mass is 32.2. The van der Waals surface area contributed by atoms with E-state index in [1.165, 1.54) is 12.1 Å². The molecule has 0 aliphatic rings. The Morgan fingerprint density at radius 1 is 0.952 bits per heavy atom. The first-order valence-electron chi connectivity index (χ1n) is 6.37. The monoisotopic (exact) mass is 301 g/mol. The normalized spacial score (nSPS) is 11.7. The molecule has 21 heavy (non-hydrogen) atoms. The Hall–Kier alpha value is -2.27. The molecule has 0 saturated carbocycles. The summed E-state index contributed by atoms with van der Waals surface area (Å²) in [5.74, 6) is -0.593. The van der Waals surface area contributed by atoms with Crippen LogP contribution in [-0.4, -0.2) is 13.4 Å². The molecule has 0 N–H and O–H groups in total. The minimum absolute atomic E-state index is 0.116. The first kappa shape index (κ1) is 13.7. The quantitative estimate of drug-likeness (QED) is 0.697. The number of pyridine rings is 1. The third-order valence-electron chi connectivity index (χ3n) is 3.26. The molecule has 1 heterocycles. The molecule has 0 spiro atoms. The summed E-state index contributed by atoms with van der Waals surface area (Å²) >= 11 is 0. The maximum atomic E-state index is 12.9. The molecule has 3 rings (SSSR count). The Bertz CT molecular complexity index is 884. The molecule has 0 atom stereocenters. The maximum absolute atomic E-state index is 12.9. The van der Waals surface area contributed by atoms with Crippen LogP contribution in [0.2, 0.25) is 0 Å². The summed E-state index contributed by atoms with van der Waals surface area (Å²) in [7, 11) is -3.52. The van der Waals surface area contributed by atoms with Gasteiger partial charge in [0.15, 0.2) is 9.84 Å². The first-order valence-corrected chi connectivity index (χ1v) is 8.02. The smallest absolute Gasteiger partial charge is 0.182 e. The lowest BCUT2D eigenvalue weighted by Crippen LogP contribution is -2.05. The average molecular weight is 301 g/mol. The number of aromatic nitrogens is 1. The SMILES string of the molecule is O=S(=O)(Cc1ccnc2ccccc12)c1ccc(F)cc1. The van der Waals surface area contributed by atoms with E-state index in [0.717, 1.165) is 23.0 Å². The number of hydrogen-bond donors (Lipinski definition) is 0. The Morgan fingerprint density at radius 2 is 1.67 bits per heavy atom. The van der Waals surface area contributed by atoms with Gasteiger partial charge >= 0.3 is 0 Å². The van der Waals surface area contributed by atoms with Crippen molar-refractivity contribution >= 4 is 20.7 Å². The van der Waals surface area contributed by atoms with E-state index < -0.39 is 15.7 Å². The number of rotatable bonds is 3. The number of hydrogen-bond acceptors (Lipinski definition) is 3. The topological polar surface area (TPSA) is 47.0 Å². The molecule has 2 aromatic carbocycles. The lowest BCUT2D eigenvalue weighted by Gasteiger charge is -2.07. The molecule has 0 amide bonds. The van der Waals surface area contributed by atoms with Gasteiger partial charge in [-0.1, -0.05) is 18.2 Å². The molecule has 0 radical (unpaired) electrons. The molecular formula is C16H12FNO2S. The summed E-state index contributed by atoms with van der Waals surface area (Å²) < 4.78 is 37.7. The zero-order chi connectivity index (χ0) is 14.9. The van der Waals surface area contributed by atoms with Crippen molar-refractivity contribution in [1.82, 2.24) is 4.98 Å². The molecular weight excluding hydrogens is 289 g/mol. The number of para-hydroxylation sites is 1. The fourth-order valence-corrected chi connectivity index (χ4v) is 3.59. The Labute approximate surface area is 122 Å². The van der Waals surface area contributed by atoms with Gasteiger partial charge in [0.25, 0.3) is 0 Å². The zero-order valence-electron chi connectivity index (χ0n) is 11.0. The van der Waals surface area contributed by atoms with Crippen LogP contribution in [0.3, 0.4) is 0 Å². The van der Waals surface area contributed by atoms with Crippen LogP contribution in [0.25, 0.3) is 10.9 Å². The van der Waals surface area contributed by atoms with Gasteiger partial charge in [0, 0.05) is 11.6 Å². The summed E-state index contributed by atoms with van der Waals surface area (Å²) in [4.78, 5) is 4.33. The van der Waals surface area contributed by atoms with E-state index >= 15 is 0 Å². The number of benzene rings is 2. The highest BCUT2D eigenvalue weighted by molar-refractivity contribution is 7.90. The molecule has 0 bridgehead atoms. The lowest BCUT2D eigenvalue weighted by molar-refractivity contribution is 0.594. The standard InChI is InChI=1S/C16H12FNO2S/c17-13-5-7-14(8-6-13)21(19,20)11-12-9-10-18-16-4-2-1-3-15(12)16/h1-10H,11H2. The molecule has 0 saturated heterocycles. The molecule has 0 fully saturated rings. The van der Waals surface area contributed by atoms with E-state index in [2.05, 4.69) is 4.98 Å². The van der Waals surface area contributed by atoms with Crippen LogP contribution in [0, 0.1) is 5.82 Å². The Balaban J connectivity index is 2.03. The van der Waals surface area contributed by atoms with Crippen LogP contribution in [0.5, 0.6) is 0 Å². The van der Waals surface area contributed by atoms with Gasteiger partial charge in [-0.15, -0.1) is 0 Å². The second kappa shape index (κ2) is 5.26. The third kappa shape index (κ3) is 2.78. The van der Waals surface area contributed by atoms with Crippen molar-refractivity contribution < 1.29 is 12.8 Å². The van der Waals surface area contributed by atoms with Gasteiger partial charge in [0.05, 0.1) is 16.2 Å². The van der Waals surface area contributed by atoms with E-state index in [-0.39, 0.29) is 10.6 Å². The van der Waals surface area contributed by atoms with Gasteiger partial charge in [0.1, 0.15) is 5.82 Å². The molecule has 3 nitrogen and oxygen atoms in total. The fourth-order valence-electron chi connectivity index (χ4n) is 2.21. The summed E-state index contributed by atoms with van der Waals surface area (Å²) in [6, 6.07) is 14.0. The molecule has 0 aliphatic carbocycles. The lowest BCUT2D eigenvalue weighted by atomic mass is 10.1. The maximum Gasteiger partial charge on any atom is 0.182 e. The summed E-state index contributed by atoms with van der Waals surface area (Å²) in [5.41, 5.74) is 1.44. The van der Waals surface area contributed by atoms with Gasteiger partial charge in [-0.2, -0.15) is 0 Å². The molecule has 5 heteroatoms. The summed E-state index contributed by atoms with van der Waals surface area (Å²) in [5, 5.41) is 0.811. The predicted octanol–water partition coefficient (Wildman–Crippen LogP) is 3.35. The second-order valence-corrected chi connectivity index (χ2v) is 6.69. The molecule has 0 aliphatic heterocycles. The molecule has 106 valence electrons. The van der Waals surface area contributed by atoms with E-state index in [1.807, 2.05) is 24.3 Å². The van der Waals surface area contributed by atoms with Crippen LogP contribution >= 0.6 is 0 Å². The van der Waals surface area contributed by atoms with E-state index in [0.29, 0.717) is 5.56 Å². The van der Waals surface area contributed by atoms with E-state index in [9.17, 15) is 12.8 Å². The summed E-state index contributed by atoms with van der Waals surface area (Å²) in [6.45, 7) is 0. The minimum atomic E-state index is -3.52. The van der Waals surface area contributed by atoms with Gasteiger partial charge < -0.3 is 0 Å². The van der Waals surface area contributed by atoms with Gasteiger partial charge in [-0.25, -0.2) is 12.8 Å². The van der Waals surface area contributed by atoms with E-state index in [1.54, 1.807) is 12.3 Å². The number of nitrogens with zero attached hydrogens (tertiary/aromatic N) is 1. The highest BCUT2D eigenvalue weighted by Gasteiger charge is 2.17. The van der Waals surface area contributed by atoms with Crippen LogP contribution in [0.15, 0.2) is 65.7 Å². The molecule has 0 unspecified atom stereocenters. The van der Waals surface area contributed by atoms with Crippen molar-refractivity contribution in [1.29, 1.82) is 0 Å². The average Bonchev–Trinajstić information content (AvgIpc) is 2.48. The Kier molecular flexibility index (Phi) is 3.43.